The molecule has 1 aromatic rings. The standard InChI is InChI=1S/C16H19F6N3S/c1-23-12-4-2-3-5-13(12)25-14(26)24-11-7-9(15(17,18)19)6-10(8-11)16(20,21)22/h6-8,12-13,23H,2-5H2,1H3,(H2,24,25,26)/t12-,13-/m1/s1. The molecule has 0 saturated heterocycles. The first-order valence-corrected chi connectivity index (χ1v) is 8.46. The normalized spacial score (nSPS) is 21.3. The number of benzene rings is 1. The molecule has 26 heavy (non-hydrogen) atoms. The lowest BCUT2D eigenvalue weighted by atomic mass is 9.90. The minimum atomic E-state index is -4.90. The van der Waals surface area contributed by atoms with Crippen LogP contribution in [0.3, 0.4) is 0 Å². The van der Waals surface area contributed by atoms with E-state index in [0.717, 1.165) is 25.7 Å². The summed E-state index contributed by atoms with van der Waals surface area (Å²) in [6.45, 7) is 0. The van der Waals surface area contributed by atoms with Crippen LogP contribution in [0.1, 0.15) is 36.8 Å². The predicted molar refractivity (Wildman–Crippen MR) is 90.9 cm³/mol. The van der Waals surface area contributed by atoms with E-state index in [1.54, 1.807) is 7.05 Å². The lowest BCUT2D eigenvalue weighted by Gasteiger charge is -2.32. The lowest BCUT2D eigenvalue weighted by molar-refractivity contribution is -0.143. The first-order chi connectivity index (χ1) is 12.0. The highest BCUT2D eigenvalue weighted by atomic mass is 32.1. The van der Waals surface area contributed by atoms with Gasteiger partial charge in [-0.15, -0.1) is 0 Å². The molecule has 0 unspecified atom stereocenters. The molecule has 0 amide bonds. The van der Waals surface area contributed by atoms with Gasteiger partial charge in [0.25, 0.3) is 0 Å². The summed E-state index contributed by atoms with van der Waals surface area (Å²) < 4.78 is 77.3. The fraction of sp³-hybridized carbons (Fsp3) is 0.562. The van der Waals surface area contributed by atoms with Gasteiger partial charge in [0.1, 0.15) is 0 Å². The second-order valence-electron chi connectivity index (χ2n) is 6.18. The van der Waals surface area contributed by atoms with E-state index in [2.05, 4.69) is 16.0 Å². The number of likely N-dealkylation sites (N-methyl/N-ethyl adjacent to an activating group) is 1. The van der Waals surface area contributed by atoms with E-state index in [-0.39, 0.29) is 28.9 Å². The molecule has 1 aromatic carbocycles. The fourth-order valence-corrected chi connectivity index (χ4v) is 3.28. The molecule has 0 radical (unpaired) electrons. The number of anilines is 1. The molecule has 0 bridgehead atoms. The Morgan fingerprint density at radius 2 is 1.42 bits per heavy atom. The molecular weight excluding hydrogens is 380 g/mol. The van der Waals surface area contributed by atoms with Crippen molar-refractivity contribution in [3.63, 3.8) is 0 Å². The SMILES string of the molecule is CN[C@@H]1CCCC[C@H]1NC(=S)Nc1cc(C(F)(F)F)cc(C(F)(F)F)c1. The number of alkyl halides is 6. The Balaban J connectivity index is 2.18. The van der Waals surface area contributed by atoms with Gasteiger partial charge in [-0.25, -0.2) is 0 Å². The molecule has 2 atom stereocenters. The van der Waals surface area contributed by atoms with Crippen molar-refractivity contribution in [1.82, 2.24) is 10.6 Å². The third-order valence-electron chi connectivity index (χ3n) is 4.30. The minimum Gasteiger partial charge on any atom is -0.358 e. The first-order valence-electron chi connectivity index (χ1n) is 8.05. The van der Waals surface area contributed by atoms with Crippen LogP contribution in [0.15, 0.2) is 18.2 Å². The number of nitrogens with one attached hydrogen (secondary N) is 3. The van der Waals surface area contributed by atoms with Crippen molar-refractivity contribution in [3.05, 3.63) is 29.3 Å². The molecule has 3 nitrogen and oxygen atoms in total. The quantitative estimate of drug-likeness (QED) is 0.515. The zero-order chi connectivity index (χ0) is 19.5. The van der Waals surface area contributed by atoms with E-state index < -0.39 is 23.5 Å². The Hall–Kier alpha value is -1.55. The Kier molecular flexibility index (Phi) is 6.38. The van der Waals surface area contributed by atoms with Crippen LogP contribution in [-0.2, 0) is 12.4 Å². The molecule has 0 spiro atoms. The van der Waals surface area contributed by atoms with E-state index in [9.17, 15) is 26.3 Å². The van der Waals surface area contributed by atoms with E-state index >= 15 is 0 Å². The molecule has 1 saturated carbocycles. The highest BCUT2D eigenvalue weighted by Gasteiger charge is 2.37. The number of hydrogen-bond donors (Lipinski definition) is 3. The largest absolute Gasteiger partial charge is 0.416 e. The Morgan fingerprint density at radius 3 is 1.88 bits per heavy atom. The molecule has 2 rings (SSSR count). The average Bonchev–Trinajstić information content (AvgIpc) is 2.53. The van der Waals surface area contributed by atoms with Gasteiger partial charge in [-0.2, -0.15) is 26.3 Å². The molecule has 0 aromatic heterocycles. The van der Waals surface area contributed by atoms with E-state index in [0.29, 0.717) is 12.1 Å². The van der Waals surface area contributed by atoms with Crippen LogP contribution < -0.4 is 16.0 Å². The topological polar surface area (TPSA) is 36.1 Å². The van der Waals surface area contributed by atoms with Gasteiger partial charge in [-0.05, 0) is 50.3 Å². The van der Waals surface area contributed by atoms with Gasteiger partial charge in [0.05, 0.1) is 11.1 Å². The molecule has 1 aliphatic rings. The van der Waals surface area contributed by atoms with E-state index in [1.807, 2.05) is 0 Å². The summed E-state index contributed by atoms with van der Waals surface area (Å²) in [5.74, 6) is 0. The van der Waals surface area contributed by atoms with Crippen LogP contribution in [0, 0.1) is 0 Å². The maximum Gasteiger partial charge on any atom is 0.416 e. The molecule has 1 fully saturated rings. The van der Waals surface area contributed by atoms with Crippen LogP contribution in [0.2, 0.25) is 0 Å². The van der Waals surface area contributed by atoms with E-state index in [1.165, 1.54) is 0 Å². The lowest BCUT2D eigenvalue weighted by Crippen LogP contribution is -2.51. The van der Waals surface area contributed by atoms with Crippen molar-refractivity contribution in [2.75, 3.05) is 12.4 Å². The minimum absolute atomic E-state index is 0.00963. The zero-order valence-corrected chi connectivity index (χ0v) is 14.7. The van der Waals surface area contributed by atoms with Crippen molar-refractivity contribution in [3.8, 4) is 0 Å². The summed E-state index contributed by atoms with van der Waals surface area (Å²) in [6.07, 6.45) is -6.05. The summed E-state index contributed by atoms with van der Waals surface area (Å²) in [5.41, 5.74) is -3.13. The summed E-state index contributed by atoms with van der Waals surface area (Å²) in [5, 5.41) is 8.56. The van der Waals surface area contributed by atoms with Crippen LogP contribution in [0.5, 0.6) is 0 Å². The van der Waals surface area contributed by atoms with Crippen LogP contribution in [-0.4, -0.2) is 24.2 Å². The second-order valence-corrected chi connectivity index (χ2v) is 6.59. The summed E-state index contributed by atoms with van der Waals surface area (Å²) in [7, 11) is 1.80. The highest BCUT2D eigenvalue weighted by molar-refractivity contribution is 7.80. The molecular formula is C16H19F6N3S. The van der Waals surface area contributed by atoms with Gasteiger partial charge in [0.2, 0.25) is 0 Å². The average molecular weight is 399 g/mol. The summed E-state index contributed by atoms with van der Waals surface area (Å²) in [4.78, 5) is 0. The highest BCUT2D eigenvalue weighted by Crippen LogP contribution is 2.37. The summed E-state index contributed by atoms with van der Waals surface area (Å²) >= 11 is 5.08. The molecule has 146 valence electrons. The van der Waals surface area contributed by atoms with Gasteiger partial charge in [-0.1, -0.05) is 12.8 Å². The van der Waals surface area contributed by atoms with Crippen LogP contribution in [0.25, 0.3) is 0 Å². The third kappa shape index (κ3) is 5.47. The van der Waals surface area contributed by atoms with Crippen LogP contribution in [0.4, 0.5) is 32.0 Å². The monoisotopic (exact) mass is 399 g/mol. The Morgan fingerprint density at radius 1 is 0.923 bits per heavy atom. The maximum atomic E-state index is 12.9. The predicted octanol–water partition coefficient (Wildman–Crippen LogP) is 4.54. The Labute approximate surface area is 152 Å². The smallest absolute Gasteiger partial charge is 0.358 e. The number of rotatable bonds is 3. The molecule has 0 heterocycles. The summed E-state index contributed by atoms with van der Waals surface area (Å²) in [6, 6.07) is 1.40. The van der Waals surface area contributed by atoms with Crippen molar-refractivity contribution < 1.29 is 26.3 Å². The number of halogens is 6. The fourth-order valence-electron chi connectivity index (χ4n) is 3.01. The Bertz CT molecular complexity index is 612. The van der Waals surface area contributed by atoms with Crippen molar-refractivity contribution in [2.24, 2.45) is 0 Å². The second kappa shape index (κ2) is 7.99. The van der Waals surface area contributed by atoms with Gasteiger partial charge in [0.15, 0.2) is 5.11 Å². The van der Waals surface area contributed by atoms with Crippen molar-refractivity contribution >= 4 is 23.0 Å². The number of hydrogen-bond acceptors (Lipinski definition) is 2. The van der Waals surface area contributed by atoms with Crippen molar-refractivity contribution in [2.45, 2.75) is 50.1 Å². The maximum absolute atomic E-state index is 12.9. The van der Waals surface area contributed by atoms with Crippen molar-refractivity contribution in [1.29, 1.82) is 0 Å². The van der Waals surface area contributed by atoms with E-state index in [4.69, 9.17) is 12.2 Å². The third-order valence-corrected chi connectivity index (χ3v) is 4.52. The molecule has 0 aliphatic heterocycles. The van der Waals surface area contributed by atoms with Gasteiger partial charge < -0.3 is 16.0 Å². The first kappa shape index (κ1) is 20.8. The number of thiocarbonyl (C=S) groups is 1. The molecule has 1 aliphatic carbocycles. The molecule has 10 heteroatoms. The van der Waals surface area contributed by atoms with Gasteiger partial charge >= 0.3 is 12.4 Å². The van der Waals surface area contributed by atoms with Crippen LogP contribution >= 0.6 is 12.2 Å². The molecule has 3 N–H and O–H groups in total. The van der Waals surface area contributed by atoms with Gasteiger partial charge in [-0.3, -0.25) is 0 Å². The zero-order valence-electron chi connectivity index (χ0n) is 13.9. The van der Waals surface area contributed by atoms with Gasteiger partial charge in [0, 0.05) is 17.8 Å².